The number of carbonyl (C=O) groups excluding carboxylic acids is 1. The Morgan fingerprint density at radius 2 is 1.77 bits per heavy atom. The van der Waals surface area contributed by atoms with E-state index in [9.17, 15) is 4.79 Å². The fourth-order valence-corrected chi connectivity index (χ4v) is 3.44. The Bertz CT molecular complexity index is 1120. The van der Waals surface area contributed by atoms with E-state index in [0.717, 1.165) is 28.4 Å². The second kappa shape index (κ2) is 7.98. The molecule has 2 heterocycles. The summed E-state index contributed by atoms with van der Waals surface area (Å²) in [7, 11) is 3.26. The molecule has 1 aromatic heterocycles. The van der Waals surface area contributed by atoms with Gasteiger partial charge in [-0.15, -0.1) is 10.2 Å². The number of aryl methyl sites for hydroxylation is 1. The zero-order chi connectivity index (χ0) is 21.3. The molecule has 0 spiro atoms. The van der Waals surface area contributed by atoms with Crippen LogP contribution in [0.4, 0.5) is 5.69 Å². The Hall–Kier alpha value is -3.68. The molecule has 4 rings (SSSR count). The maximum Gasteiger partial charge on any atom is 0.253 e. The van der Waals surface area contributed by atoms with Crippen LogP contribution in [0.25, 0.3) is 11.4 Å². The van der Waals surface area contributed by atoms with Crippen LogP contribution < -0.4 is 14.5 Å². The van der Waals surface area contributed by atoms with Gasteiger partial charge in [-0.1, -0.05) is 12.1 Å². The molecule has 1 aliphatic rings. The van der Waals surface area contributed by atoms with E-state index in [1.165, 1.54) is 5.01 Å². The zero-order valence-electron chi connectivity index (χ0n) is 17.4. The van der Waals surface area contributed by atoms with Gasteiger partial charge in [0.05, 0.1) is 38.4 Å². The SMILES string of the molecule is COc1ccc(Cn2c(C)nnc2-c2cc(N3N=C(C)CC3=O)ccc2OC)cc1. The molecule has 0 bridgehead atoms. The van der Waals surface area contributed by atoms with Crippen molar-refractivity contribution in [3.63, 3.8) is 0 Å². The van der Waals surface area contributed by atoms with Crippen LogP contribution in [-0.2, 0) is 11.3 Å². The molecule has 154 valence electrons. The van der Waals surface area contributed by atoms with Crippen molar-refractivity contribution >= 4 is 17.3 Å². The molecule has 0 N–H and O–H groups in total. The maximum atomic E-state index is 12.3. The molecule has 30 heavy (non-hydrogen) atoms. The van der Waals surface area contributed by atoms with Crippen LogP contribution in [-0.4, -0.2) is 40.6 Å². The quantitative estimate of drug-likeness (QED) is 0.628. The highest BCUT2D eigenvalue weighted by Crippen LogP contribution is 2.34. The molecule has 8 nitrogen and oxygen atoms in total. The molecule has 0 radical (unpaired) electrons. The molecule has 1 aliphatic heterocycles. The van der Waals surface area contributed by atoms with E-state index < -0.39 is 0 Å². The first kappa shape index (κ1) is 19.6. The van der Waals surface area contributed by atoms with E-state index in [4.69, 9.17) is 9.47 Å². The van der Waals surface area contributed by atoms with Gasteiger partial charge in [-0.25, -0.2) is 5.01 Å². The summed E-state index contributed by atoms with van der Waals surface area (Å²) < 4.78 is 12.8. The van der Waals surface area contributed by atoms with Crippen molar-refractivity contribution in [3.05, 3.63) is 53.9 Å². The summed E-state index contributed by atoms with van der Waals surface area (Å²) in [5.74, 6) is 2.84. The molecular formula is C22H23N5O3. The summed E-state index contributed by atoms with van der Waals surface area (Å²) in [6.45, 7) is 4.34. The predicted octanol–water partition coefficient (Wildman–Crippen LogP) is 3.43. The van der Waals surface area contributed by atoms with Crippen LogP contribution in [0.3, 0.4) is 0 Å². The number of hydrogen-bond acceptors (Lipinski definition) is 6. The summed E-state index contributed by atoms with van der Waals surface area (Å²) in [6.07, 6.45) is 0.328. The lowest BCUT2D eigenvalue weighted by Gasteiger charge is -2.16. The van der Waals surface area contributed by atoms with E-state index in [1.54, 1.807) is 14.2 Å². The van der Waals surface area contributed by atoms with Crippen LogP contribution in [0.2, 0.25) is 0 Å². The number of methoxy groups -OCH3 is 2. The Balaban J connectivity index is 1.75. The third-order valence-corrected chi connectivity index (χ3v) is 5.02. The largest absolute Gasteiger partial charge is 0.497 e. The first-order chi connectivity index (χ1) is 14.5. The van der Waals surface area contributed by atoms with Crippen LogP contribution in [0.5, 0.6) is 11.5 Å². The molecule has 2 aromatic carbocycles. The number of rotatable bonds is 6. The Labute approximate surface area is 174 Å². The first-order valence-electron chi connectivity index (χ1n) is 9.58. The normalized spacial score (nSPS) is 13.5. The Kier molecular flexibility index (Phi) is 5.22. The van der Waals surface area contributed by atoms with Gasteiger partial charge >= 0.3 is 0 Å². The molecule has 0 saturated heterocycles. The second-order valence-corrected chi connectivity index (χ2v) is 7.11. The van der Waals surface area contributed by atoms with Gasteiger partial charge in [-0.05, 0) is 49.7 Å². The average Bonchev–Trinajstić information content (AvgIpc) is 3.29. The molecule has 0 unspecified atom stereocenters. The van der Waals surface area contributed by atoms with Gasteiger partial charge in [0.1, 0.15) is 17.3 Å². The first-order valence-corrected chi connectivity index (χ1v) is 9.58. The van der Waals surface area contributed by atoms with Gasteiger partial charge in [0.15, 0.2) is 5.82 Å². The number of anilines is 1. The Morgan fingerprint density at radius 1 is 1.00 bits per heavy atom. The third-order valence-electron chi connectivity index (χ3n) is 5.02. The molecule has 0 fully saturated rings. The Morgan fingerprint density at radius 3 is 2.40 bits per heavy atom. The summed E-state index contributed by atoms with van der Waals surface area (Å²) in [5, 5.41) is 14.4. The molecule has 8 heteroatoms. The average molecular weight is 405 g/mol. The van der Waals surface area contributed by atoms with E-state index in [1.807, 2.05) is 60.9 Å². The van der Waals surface area contributed by atoms with Crippen molar-refractivity contribution < 1.29 is 14.3 Å². The lowest BCUT2D eigenvalue weighted by atomic mass is 10.1. The molecule has 0 aliphatic carbocycles. The summed E-state index contributed by atoms with van der Waals surface area (Å²) in [4.78, 5) is 12.3. The van der Waals surface area contributed by atoms with Gasteiger partial charge in [0.2, 0.25) is 0 Å². The topological polar surface area (TPSA) is 81.8 Å². The van der Waals surface area contributed by atoms with Crippen molar-refractivity contribution in [3.8, 4) is 22.9 Å². The fraction of sp³-hybridized carbons (Fsp3) is 0.273. The number of ether oxygens (including phenoxy) is 2. The number of hydrogen-bond donors (Lipinski definition) is 0. The molecule has 1 amide bonds. The number of amides is 1. The van der Waals surface area contributed by atoms with Crippen LogP contribution in [0, 0.1) is 6.92 Å². The maximum absolute atomic E-state index is 12.3. The van der Waals surface area contributed by atoms with E-state index >= 15 is 0 Å². The van der Waals surface area contributed by atoms with Crippen molar-refractivity contribution in [1.29, 1.82) is 0 Å². The predicted molar refractivity (Wildman–Crippen MR) is 114 cm³/mol. The lowest BCUT2D eigenvalue weighted by Crippen LogP contribution is -2.19. The minimum atomic E-state index is -0.0560. The second-order valence-electron chi connectivity index (χ2n) is 7.11. The summed E-state index contributed by atoms with van der Waals surface area (Å²) in [5.41, 5.74) is 3.29. The van der Waals surface area contributed by atoms with E-state index in [2.05, 4.69) is 15.3 Å². The summed E-state index contributed by atoms with van der Waals surface area (Å²) >= 11 is 0. The zero-order valence-corrected chi connectivity index (χ0v) is 17.4. The highest BCUT2D eigenvalue weighted by Gasteiger charge is 2.25. The standard InChI is InChI=1S/C22H23N5O3/c1-14-11-21(28)27(25-14)17-7-10-20(30-4)19(12-17)22-24-23-15(2)26(22)13-16-5-8-18(29-3)9-6-16/h5-10,12H,11,13H2,1-4H3. The van der Waals surface area contributed by atoms with E-state index in [-0.39, 0.29) is 5.91 Å². The third kappa shape index (κ3) is 3.63. The number of hydrazone groups is 1. The highest BCUT2D eigenvalue weighted by molar-refractivity contribution is 6.12. The van der Waals surface area contributed by atoms with Crippen LogP contribution in [0.1, 0.15) is 24.7 Å². The van der Waals surface area contributed by atoms with Crippen LogP contribution >= 0.6 is 0 Å². The minimum Gasteiger partial charge on any atom is -0.497 e. The number of benzene rings is 2. The lowest BCUT2D eigenvalue weighted by molar-refractivity contribution is -0.116. The molecule has 0 saturated carbocycles. The molecule has 3 aromatic rings. The number of nitrogens with zero attached hydrogens (tertiary/aromatic N) is 5. The minimum absolute atomic E-state index is 0.0560. The van der Waals surface area contributed by atoms with Crippen molar-refractivity contribution in [2.75, 3.05) is 19.2 Å². The van der Waals surface area contributed by atoms with Crippen molar-refractivity contribution in [2.45, 2.75) is 26.8 Å². The van der Waals surface area contributed by atoms with Crippen LogP contribution in [0.15, 0.2) is 47.6 Å². The van der Waals surface area contributed by atoms with Gasteiger partial charge in [0.25, 0.3) is 5.91 Å². The molecule has 0 atom stereocenters. The van der Waals surface area contributed by atoms with Gasteiger partial charge in [-0.3, -0.25) is 4.79 Å². The number of carbonyl (C=O) groups is 1. The van der Waals surface area contributed by atoms with Crippen molar-refractivity contribution in [2.24, 2.45) is 5.10 Å². The smallest absolute Gasteiger partial charge is 0.253 e. The van der Waals surface area contributed by atoms with Gasteiger partial charge < -0.3 is 14.0 Å². The molecular weight excluding hydrogens is 382 g/mol. The number of aromatic nitrogens is 3. The summed E-state index contributed by atoms with van der Waals surface area (Å²) in [6, 6.07) is 13.4. The monoisotopic (exact) mass is 405 g/mol. The van der Waals surface area contributed by atoms with Gasteiger partial charge in [-0.2, -0.15) is 5.10 Å². The van der Waals surface area contributed by atoms with Gasteiger partial charge in [0, 0.05) is 5.71 Å². The van der Waals surface area contributed by atoms with E-state index in [0.29, 0.717) is 30.2 Å². The highest BCUT2D eigenvalue weighted by atomic mass is 16.5. The fourth-order valence-electron chi connectivity index (χ4n) is 3.44. The van der Waals surface area contributed by atoms with Crippen molar-refractivity contribution in [1.82, 2.24) is 14.8 Å².